The van der Waals surface area contributed by atoms with Crippen molar-refractivity contribution >= 4 is 17.2 Å². The third-order valence-electron chi connectivity index (χ3n) is 5.87. The number of nitrogen functional groups attached to an aromatic ring is 1. The molecule has 1 aliphatic heterocycles. The van der Waals surface area contributed by atoms with Crippen molar-refractivity contribution in [3.8, 4) is 22.8 Å². The molecule has 1 aliphatic rings. The van der Waals surface area contributed by atoms with E-state index in [0.717, 1.165) is 42.3 Å². The molecule has 4 aromatic rings. The van der Waals surface area contributed by atoms with Crippen LogP contribution in [0.3, 0.4) is 0 Å². The molecule has 1 fully saturated rings. The first-order valence-electron chi connectivity index (χ1n) is 10.9. The van der Waals surface area contributed by atoms with Gasteiger partial charge in [0.05, 0.1) is 0 Å². The maximum atomic E-state index is 12.2. The summed E-state index contributed by atoms with van der Waals surface area (Å²) in [6.07, 6.45) is 4.59. The molecule has 0 aliphatic carbocycles. The van der Waals surface area contributed by atoms with Crippen molar-refractivity contribution in [3.63, 3.8) is 0 Å². The van der Waals surface area contributed by atoms with Crippen LogP contribution in [0.2, 0.25) is 0 Å². The van der Waals surface area contributed by atoms with E-state index in [1.165, 1.54) is 12.4 Å². The SMILES string of the molecule is C=CC(=O)N1CCC[C@H](c2nc(-c3ccc(Oc4ccccc4)cc3)c3c(N)ncnn23)C1. The number of likely N-dealkylation sites (tertiary alicyclic amines) is 1. The highest BCUT2D eigenvalue weighted by atomic mass is 16.5. The number of amides is 1. The highest BCUT2D eigenvalue weighted by Crippen LogP contribution is 2.34. The lowest BCUT2D eigenvalue weighted by atomic mass is 9.97. The lowest BCUT2D eigenvalue weighted by molar-refractivity contribution is -0.127. The third kappa shape index (κ3) is 4.03. The van der Waals surface area contributed by atoms with Crippen LogP contribution in [0.1, 0.15) is 24.6 Å². The van der Waals surface area contributed by atoms with E-state index in [2.05, 4.69) is 16.7 Å². The van der Waals surface area contributed by atoms with Crippen molar-refractivity contribution in [1.29, 1.82) is 0 Å². The summed E-state index contributed by atoms with van der Waals surface area (Å²) in [6.45, 7) is 4.90. The van der Waals surface area contributed by atoms with Gasteiger partial charge in [-0.2, -0.15) is 5.10 Å². The molecule has 3 heterocycles. The van der Waals surface area contributed by atoms with Gasteiger partial charge in [0.25, 0.3) is 0 Å². The average Bonchev–Trinajstić information content (AvgIpc) is 3.26. The van der Waals surface area contributed by atoms with Gasteiger partial charge in [-0.05, 0) is 55.3 Å². The predicted octanol–water partition coefficient (Wildman–Crippen LogP) is 4.06. The van der Waals surface area contributed by atoms with Crippen molar-refractivity contribution in [1.82, 2.24) is 24.5 Å². The van der Waals surface area contributed by atoms with Crippen molar-refractivity contribution < 1.29 is 9.53 Å². The van der Waals surface area contributed by atoms with Crippen molar-refractivity contribution in [2.24, 2.45) is 0 Å². The van der Waals surface area contributed by atoms with Crippen LogP contribution in [0, 0.1) is 0 Å². The topological polar surface area (TPSA) is 98.6 Å². The molecule has 2 aromatic carbocycles. The Balaban J connectivity index is 1.50. The summed E-state index contributed by atoms with van der Waals surface area (Å²) in [6, 6.07) is 17.3. The molecule has 2 N–H and O–H groups in total. The van der Waals surface area contributed by atoms with E-state index in [1.54, 1.807) is 4.52 Å². The van der Waals surface area contributed by atoms with E-state index >= 15 is 0 Å². The van der Waals surface area contributed by atoms with E-state index < -0.39 is 0 Å². The van der Waals surface area contributed by atoms with Crippen molar-refractivity contribution in [3.05, 3.63) is 79.4 Å². The molecule has 5 rings (SSSR count). The van der Waals surface area contributed by atoms with E-state index in [1.807, 2.05) is 59.5 Å². The zero-order chi connectivity index (χ0) is 22.8. The van der Waals surface area contributed by atoms with Crippen molar-refractivity contribution in [2.45, 2.75) is 18.8 Å². The number of fused-ring (bicyclic) bond motifs is 1. The third-order valence-corrected chi connectivity index (χ3v) is 5.87. The number of imidazole rings is 1. The molecule has 1 amide bonds. The Labute approximate surface area is 191 Å². The second-order valence-corrected chi connectivity index (χ2v) is 7.99. The summed E-state index contributed by atoms with van der Waals surface area (Å²) in [7, 11) is 0. The zero-order valence-electron chi connectivity index (χ0n) is 18.1. The molecule has 33 heavy (non-hydrogen) atoms. The predicted molar refractivity (Wildman–Crippen MR) is 126 cm³/mol. The number of hydrogen-bond acceptors (Lipinski definition) is 6. The summed E-state index contributed by atoms with van der Waals surface area (Å²) < 4.78 is 7.67. The summed E-state index contributed by atoms with van der Waals surface area (Å²) in [4.78, 5) is 23.1. The largest absolute Gasteiger partial charge is 0.457 e. The molecule has 0 bridgehead atoms. The molecular formula is C25H24N6O2. The number of nitrogens with zero attached hydrogens (tertiary/aromatic N) is 5. The monoisotopic (exact) mass is 440 g/mol. The zero-order valence-corrected chi connectivity index (χ0v) is 18.1. The van der Waals surface area contributed by atoms with Gasteiger partial charge in [0.1, 0.15) is 34.9 Å². The number of carbonyl (C=O) groups is 1. The van der Waals surface area contributed by atoms with E-state index in [4.69, 9.17) is 15.5 Å². The number of rotatable bonds is 5. The van der Waals surface area contributed by atoms with Crippen LogP contribution >= 0.6 is 0 Å². The summed E-state index contributed by atoms with van der Waals surface area (Å²) in [5.74, 6) is 2.61. The first-order valence-corrected chi connectivity index (χ1v) is 10.9. The Morgan fingerprint density at radius 1 is 1.12 bits per heavy atom. The summed E-state index contributed by atoms with van der Waals surface area (Å²) >= 11 is 0. The molecule has 8 nitrogen and oxygen atoms in total. The van der Waals surface area contributed by atoms with E-state index in [-0.39, 0.29) is 11.8 Å². The second-order valence-electron chi connectivity index (χ2n) is 7.99. The van der Waals surface area contributed by atoms with Gasteiger partial charge in [-0.1, -0.05) is 24.8 Å². The highest BCUT2D eigenvalue weighted by molar-refractivity contribution is 5.87. The van der Waals surface area contributed by atoms with Crippen molar-refractivity contribution in [2.75, 3.05) is 18.8 Å². The van der Waals surface area contributed by atoms with Crippen LogP contribution < -0.4 is 10.5 Å². The van der Waals surface area contributed by atoms with Gasteiger partial charge < -0.3 is 15.4 Å². The van der Waals surface area contributed by atoms with Crippen LogP contribution in [-0.2, 0) is 4.79 Å². The van der Waals surface area contributed by atoms with Gasteiger partial charge in [0.15, 0.2) is 5.82 Å². The van der Waals surface area contributed by atoms with Gasteiger partial charge in [0.2, 0.25) is 5.91 Å². The Bertz CT molecular complexity index is 1300. The molecular weight excluding hydrogens is 416 g/mol. The Kier molecular flexibility index (Phi) is 5.48. The lowest BCUT2D eigenvalue weighted by Gasteiger charge is -2.31. The lowest BCUT2D eigenvalue weighted by Crippen LogP contribution is -2.38. The number of benzene rings is 2. The number of hydrogen-bond donors (Lipinski definition) is 1. The molecule has 1 atom stereocenters. The molecule has 8 heteroatoms. The highest BCUT2D eigenvalue weighted by Gasteiger charge is 2.29. The molecule has 0 saturated carbocycles. The molecule has 1 saturated heterocycles. The molecule has 0 radical (unpaired) electrons. The van der Waals surface area contributed by atoms with Gasteiger partial charge in [-0.25, -0.2) is 14.5 Å². The molecule has 166 valence electrons. The number of carbonyl (C=O) groups excluding carboxylic acids is 1. The fraction of sp³-hybridized carbons (Fsp3) is 0.200. The Morgan fingerprint density at radius 3 is 2.64 bits per heavy atom. The Morgan fingerprint density at radius 2 is 1.88 bits per heavy atom. The maximum Gasteiger partial charge on any atom is 0.245 e. The Hall–Kier alpha value is -4.20. The number of aromatic nitrogens is 4. The number of nitrogens with two attached hydrogens (primary N) is 1. The van der Waals surface area contributed by atoms with Crippen LogP contribution in [0.4, 0.5) is 5.82 Å². The molecule has 2 aromatic heterocycles. The standard InChI is InChI=1S/C25H24N6O2/c1-2-21(32)30-14-6-7-18(15-30)25-29-22(23-24(26)27-16-28-31(23)25)17-10-12-20(13-11-17)33-19-8-4-3-5-9-19/h2-5,8-13,16,18H,1,6-7,14-15H2,(H2,26,27,28)/t18-/m0/s1. The summed E-state index contributed by atoms with van der Waals surface area (Å²) in [5, 5.41) is 4.44. The number of para-hydroxylation sites is 1. The van der Waals surface area contributed by atoms with Gasteiger partial charge in [-0.15, -0.1) is 0 Å². The number of anilines is 1. The number of ether oxygens (including phenoxy) is 1. The van der Waals surface area contributed by atoms with Crippen LogP contribution in [-0.4, -0.2) is 43.5 Å². The van der Waals surface area contributed by atoms with Crippen LogP contribution in [0.5, 0.6) is 11.5 Å². The van der Waals surface area contributed by atoms with Gasteiger partial charge in [-0.3, -0.25) is 4.79 Å². The number of piperidine rings is 1. The normalized spacial score (nSPS) is 16.0. The first-order chi connectivity index (χ1) is 16.1. The molecule has 0 unspecified atom stereocenters. The van der Waals surface area contributed by atoms with E-state index in [9.17, 15) is 4.79 Å². The van der Waals surface area contributed by atoms with E-state index in [0.29, 0.717) is 23.6 Å². The van der Waals surface area contributed by atoms with Crippen LogP contribution in [0.25, 0.3) is 16.8 Å². The fourth-order valence-corrected chi connectivity index (χ4v) is 4.27. The quantitative estimate of drug-likeness (QED) is 0.470. The fourth-order valence-electron chi connectivity index (χ4n) is 4.27. The second kappa shape index (κ2) is 8.74. The first kappa shape index (κ1) is 20.7. The molecule has 0 spiro atoms. The van der Waals surface area contributed by atoms with Crippen LogP contribution in [0.15, 0.2) is 73.6 Å². The minimum Gasteiger partial charge on any atom is -0.457 e. The minimum absolute atomic E-state index is 0.0406. The maximum absolute atomic E-state index is 12.2. The minimum atomic E-state index is -0.0658. The van der Waals surface area contributed by atoms with Gasteiger partial charge >= 0.3 is 0 Å². The smallest absolute Gasteiger partial charge is 0.245 e. The average molecular weight is 441 g/mol. The van der Waals surface area contributed by atoms with Gasteiger partial charge in [0, 0.05) is 24.6 Å². The summed E-state index contributed by atoms with van der Waals surface area (Å²) in [5.41, 5.74) is 8.51.